The zero-order chi connectivity index (χ0) is 9.42. The molecule has 0 radical (unpaired) electrons. The summed E-state index contributed by atoms with van der Waals surface area (Å²) in [6, 6.07) is 0.473. The summed E-state index contributed by atoms with van der Waals surface area (Å²) in [6.07, 6.45) is 2.34. The van der Waals surface area contributed by atoms with Gasteiger partial charge in [0.05, 0.1) is 11.4 Å². The van der Waals surface area contributed by atoms with E-state index in [-0.39, 0.29) is 5.38 Å². The fraction of sp³-hybridized carbons (Fsp3) is 0.875. The van der Waals surface area contributed by atoms with Crippen molar-refractivity contribution in [3.63, 3.8) is 0 Å². The molecular formula is C8H13ClN4. The van der Waals surface area contributed by atoms with E-state index in [2.05, 4.69) is 22.4 Å². The van der Waals surface area contributed by atoms with E-state index in [9.17, 15) is 0 Å². The first kappa shape index (κ1) is 8.94. The lowest BCUT2D eigenvalue weighted by Crippen LogP contribution is -2.27. The summed E-state index contributed by atoms with van der Waals surface area (Å²) in [6.45, 7) is 4.14. The van der Waals surface area contributed by atoms with Crippen LogP contribution in [0.15, 0.2) is 0 Å². The number of halogens is 1. The Morgan fingerprint density at radius 2 is 2.23 bits per heavy atom. The summed E-state index contributed by atoms with van der Waals surface area (Å²) in [4.78, 5) is 0. The predicted octanol–water partition coefficient (Wildman–Crippen LogP) is 1.94. The van der Waals surface area contributed by atoms with E-state index < -0.39 is 0 Å². The van der Waals surface area contributed by atoms with E-state index in [0.717, 1.165) is 11.7 Å². The molecule has 13 heavy (non-hydrogen) atoms. The smallest absolute Gasteiger partial charge is 0.169 e. The minimum atomic E-state index is -0.106. The van der Waals surface area contributed by atoms with E-state index in [4.69, 9.17) is 11.6 Å². The van der Waals surface area contributed by atoms with Gasteiger partial charge >= 0.3 is 0 Å². The van der Waals surface area contributed by atoms with Crippen LogP contribution >= 0.6 is 11.6 Å². The summed E-state index contributed by atoms with van der Waals surface area (Å²) in [7, 11) is 0. The molecular weight excluding hydrogens is 188 g/mol. The molecule has 72 valence electrons. The number of aromatic nitrogens is 4. The number of hydrogen-bond acceptors (Lipinski definition) is 3. The maximum absolute atomic E-state index is 5.95. The molecule has 0 amide bonds. The highest BCUT2D eigenvalue weighted by Gasteiger charge is 2.30. The third kappa shape index (κ3) is 1.55. The number of alkyl halides is 1. The van der Waals surface area contributed by atoms with Gasteiger partial charge in [-0.3, -0.25) is 0 Å². The Bertz CT molecular complexity index is 290. The minimum Gasteiger partial charge on any atom is -0.225 e. The van der Waals surface area contributed by atoms with Crippen LogP contribution in [0.25, 0.3) is 0 Å². The van der Waals surface area contributed by atoms with Crippen molar-refractivity contribution in [3.8, 4) is 0 Å². The summed E-state index contributed by atoms with van der Waals surface area (Å²) in [5.74, 6) is 1.59. The molecule has 0 spiro atoms. The van der Waals surface area contributed by atoms with Gasteiger partial charge in [-0.05, 0) is 36.1 Å². The topological polar surface area (TPSA) is 43.6 Å². The second kappa shape index (κ2) is 3.25. The monoisotopic (exact) mass is 200 g/mol. The fourth-order valence-corrected chi connectivity index (χ4v) is 1.93. The molecule has 1 aromatic rings. The Hall–Kier alpha value is -0.640. The molecule has 1 atom stereocenters. The first-order valence-electron chi connectivity index (χ1n) is 4.60. The Morgan fingerprint density at radius 1 is 1.54 bits per heavy atom. The van der Waals surface area contributed by atoms with Crippen molar-refractivity contribution in [3.05, 3.63) is 5.82 Å². The van der Waals surface area contributed by atoms with E-state index in [1.54, 1.807) is 0 Å². The SMILES string of the molecule is CC1CC(n2nnnc2C(C)Cl)C1. The summed E-state index contributed by atoms with van der Waals surface area (Å²) >= 11 is 5.95. The van der Waals surface area contributed by atoms with Gasteiger partial charge in [0.1, 0.15) is 0 Å². The molecule has 0 saturated heterocycles. The predicted molar refractivity (Wildman–Crippen MR) is 49.5 cm³/mol. The molecule has 1 fully saturated rings. The average molecular weight is 201 g/mol. The van der Waals surface area contributed by atoms with Crippen LogP contribution in [0.5, 0.6) is 0 Å². The molecule has 0 N–H and O–H groups in total. The molecule has 4 nitrogen and oxygen atoms in total. The van der Waals surface area contributed by atoms with Crippen molar-refractivity contribution >= 4 is 11.6 Å². The molecule has 1 saturated carbocycles. The van der Waals surface area contributed by atoms with Gasteiger partial charge in [0.2, 0.25) is 0 Å². The highest BCUT2D eigenvalue weighted by Crippen LogP contribution is 2.38. The number of rotatable bonds is 2. The molecule has 0 bridgehead atoms. The van der Waals surface area contributed by atoms with Crippen LogP contribution in [-0.2, 0) is 0 Å². The van der Waals surface area contributed by atoms with Gasteiger partial charge in [-0.2, -0.15) is 0 Å². The van der Waals surface area contributed by atoms with Crippen molar-refractivity contribution in [1.82, 2.24) is 20.2 Å². The largest absolute Gasteiger partial charge is 0.225 e. The normalized spacial score (nSPS) is 29.8. The van der Waals surface area contributed by atoms with Crippen molar-refractivity contribution in [2.45, 2.75) is 38.1 Å². The quantitative estimate of drug-likeness (QED) is 0.686. The van der Waals surface area contributed by atoms with Gasteiger partial charge in [-0.25, -0.2) is 4.68 Å². The summed E-state index contributed by atoms with van der Waals surface area (Å²) in [5, 5.41) is 11.4. The molecule has 2 rings (SSSR count). The lowest BCUT2D eigenvalue weighted by molar-refractivity contribution is 0.193. The van der Waals surface area contributed by atoms with Crippen molar-refractivity contribution < 1.29 is 0 Å². The Kier molecular flexibility index (Phi) is 2.24. The van der Waals surface area contributed by atoms with E-state index >= 15 is 0 Å². The Labute approximate surface area is 82.3 Å². The van der Waals surface area contributed by atoms with E-state index in [1.165, 1.54) is 12.8 Å². The third-order valence-electron chi connectivity index (χ3n) is 2.57. The van der Waals surface area contributed by atoms with Gasteiger partial charge in [0.25, 0.3) is 0 Å². The molecule has 1 aliphatic carbocycles. The Balaban J connectivity index is 2.16. The number of hydrogen-bond donors (Lipinski definition) is 0. The van der Waals surface area contributed by atoms with Crippen LogP contribution in [0.4, 0.5) is 0 Å². The van der Waals surface area contributed by atoms with Crippen LogP contribution in [-0.4, -0.2) is 20.2 Å². The Morgan fingerprint density at radius 3 is 2.77 bits per heavy atom. The zero-order valence-corrected chi connectivity index (χ0v) is 8.57. The lowest BCUT2D eigenvalue weighted by Gasteiger charge is -2.32. The van der Waals surface area contributed by atoms with Gasteiger partial charge in [-0.15, -0.1) is 16.7 Å². The van der Waals surface area contributed by atoms with Gasteiger partial charge in [0.15, 0.2) is 5.82 Å². The molecule has 0 aromatic carbocycles. The van der Waals surface area contributed by atoms with Gasteiger partial charge in [0, 0.05) is 0 Å². The van der Waals surface area contributed by atoms with Crippen LogP contribution in [0.3, 0.4) is 0 Å². The highest BCUT2D eigenvalue weighted by molar-refractivity contribution is 6.20. The fourth-order valence-electron chi connectivity index (χ4n) is 1.78. The average Bonchev–Trinajstić information content (AvgIpc) is 2.45. The number of tetrazole rings is 1. The van der Waals surface area contributed by atoms with E-state index in [1.807, 2.05) is 11.6 Å². The lowest BCUT2D eigenvalue weighted by atomic mass is 9.82. The summed E-state index contributed by atoms with van der Waals surface area (Å²) < 4.78 is 1.87. The minimum absolute atomic E-state index is 0.106. The second-order valence-corrected chi connectivity index (χ2v) is 4.48. The van der Waals surface area contributed by atoms with Crippen LogP contribution in [0.1, 0.15) is 43.9 Å². The molecule has 1 heterocycles. The molecule has 1 aromatic heterocycles. The first-order chi connectivity index (χ1) is 6.18. The molecule has 1 unspecified atom stereocenters. The van der Waals surface area contributed by atoms with E-state index in [0.29, 0.717) is 6.04 Å². The van der Waals surface area contributed by atoms with Crippen molar-refractivity contribution in [2.24, 2.45) is 5.92 Å². The van der Waals surface area contributed by atoms with Crippen molar-refractivity contribution in [1.29, 1.82) is 0 Å². The molecule has 5 heteroatoms. The highest BCUT2D eigenvalue weighted by atomic mass is 35.5. The maximum Gasteiger partial charge on any atom is 0.169 e. The molecule has 1 aliphatic rings. The molecule has 0 aliphatic heterocycles. The maximum atomic E-state index is 5.95. The van der Waals surface area contributed by atoms with Gasteiger partial charge < -0.3 is 0 Å². The first-order valence-corrected chi connectivity index (χ1v) is 5.04. The van der Waals surface area contributed by atoms with Crippen LogP contribution in [0, 0.1) is 5.92 Å². The summed E-state index contributed by atoms with van der Waals surface area (Å²) in [5.41, 5.74) is 0. The van der Waals surface area contributed by atoms with Crippen LogP contribution in [0.2, 0.25) is 0 Å². The third-order valence-corrected chi connectivity index (χ3v) is 2.76. The number of nitrogens with zero attached hydrogens (tertiary/aromatic N) is 4. The second-order valence-electron chi connectivity index (χ2n) is 3.83. The van der Waals surface area contributed by atoms with Gasteiger partial charge in [-0.1, -0.05) is 6.92 Å². The van der Waals surface area contributed by atoms with Crippen LogP contribution < -0.4 is 0 Å². The zero-order valence-electron chi connectivity index (χ0n) is 7.81. The standard InChI is InChI=1S/C8H13ClN4/c1-5-3-7(4-5)13-8(6(2)9)10-11-12-13/h5-7H,3-4H2,1-2H3. The van der Waals surface area contributed by atoms with Crippen molar-refractivity contribution in [2.75, 3.05) is 0 Å².